The minimum atomic E-state index is -0.320. The summed E-state index contributed by atoms with van der Waals surface area (Å²) < 4.78 is 7.00. The lowest BCUT2D eigenvalue weighted by Crippen LogP contribution is -2.34. The van der Waals surface area contributed by atoms with Crippen LogP contribution in [-0.4, -0.2) is 55.4 Å². The number of benzene rings is 1. The van der Waals surface area contributed by atoms with E-state index < -0.39 is 0 Å². The van der Waals surface area contributed by atoms with Crippen molar-refractivity contribution in [2.24, 2.45) is 0 Å². The van der Waals surface area contributed by atoms with E-state index in [1.807, 2.05) is 37.5 Å². The van der Waals surface area contributed by atoms with Gasteiger partial charge in [-0.05, 0) is 56.5 Å². The second kappa shape index (κ2) is 11.6. The Kier molecular flexibility index (Phi) is 8.59. The van der Waals surface area contributed by atoms with Crippen LogP contribution in [0.5, 0.6) is 0 Å². The minimum Gasteiger partial charge on any atom is -0.466 e. The summed E-state index contributed by atoms with van der Waals surface area (Å²) in [7, 11) is 0. The van der Waals surface area contributed by atoms with Crippen LogP contribution in [0.15, 0.2) is 47.9 Å². The number of carbonyl (C=O) groups excluding carboxylic acids is 2. The number of pyridine rings is 1. The highest BCUT2D eigenvalue weighted by Gasteiger charge is 2.20. The molecule has 0 spiro atoms. The van der Waals surface area contributed by atoms with Crippen LogP contribution in [0, 0.1) is 20.8 Å². The van der Waals surface area contributed by atoms with E-state index >= 15 is 0 Å². The molecule has 33 heavy (non-hydrogen) atoms. The molecule has 9 heteroatoms. The highest BCUT2D eigenvalue weighted by molar-refractivity contribution is 7.99. The maximum absolute atomic E-state index is 13.1. The molecule has 3 rings (SSSR count). The molecule has 3 aromatic rings. The Bertz CT molecular complexity index is 1100. The van der Waals surface area contributed by atoms with Gasteiger partial charge in [0.2, 0.25) is 5.91 Å². The number of amides is 1. The average molecular weight is 468 g/mol. The van der Waals surface area contributed by atoms with E-state index in [4.69, 9.17) is 4.74 Å². The molecule has 0 saturated heterocycles. The summed E-state index contributed by atoms with van der Waals surface area (Å²) >= 11 is 1.34. The lowest BCUT2D eigenvalue weighted by Gasteiger charge is -2.22. The van der Waals surface area contributed by atoms with Crippen molar-refractivity contribution in [3.63, 3.8) is 0 Å². The molecule has 0 fully saturated rings. The largest absolute Gasteiger partial charge is 0.466 e. The molecule has 1 amide bonds. The standard InChI is InChI=1S/C24H29N5O3S/c1-5-32-23(31)10-12-28(15-20-7-6-11-25-14-20)22(30)16-33-24-27-26-19(4)29(24)21-13-17(2)8-9-18(21)3/h6-9,11,13-14H,5,10,12,15-16H2,1-4H3. The molecule has 2 aromatic heterocycles. The zero-order valence-electron chi connectivity index (χ0n) is 19.4. The predicted molar refractivity (Wildman–Crippen MR) is 127 cm³/mol. The van der Waals surface area contributed by atoms with Crippen molar-refractivity contribution < 1.29 is 14.3 Å². The van der Waals surface area contributed by atoms with Gasteiger partial charge < -0.3 is 9.64 Å². The summed E-state index contributed by atoms with van der Waals surface area (Å²) in [5.74, 6) is 0.514. The molecule has 0 bridgehead atoms. The molecule has 0 N–H and O–H groups in total. The van der Waals surface area contributed by atoms with Gasteiger partial charge >= 0.3 is 5.97 Å². The molecule has 174 valence electrons. The fraction of sp³-hybridized carbons (Fsp3) is 0.375. The lowest BCUT2D eigenvalue weighted by atomic mass is 10.1. The Morgan fingerprint density at radius 1 is 1.15 bits per heavy atom. The summed E-state index contributed by atoms with van der Waals surface area (Å²) in [6.07, 6.45) is 3.55. The summed E-state index contributed by atoms with van der Waals surface area (Å²) in [5.41, 5.74) is 4.14. The SMILES string of the molecule is CCOC(=O)CCN(Cc1cccnc1)C(=O)CSc1nnc(C)n1-c1cc(C)ccc1C. The number of carbonyl (C=O) groups is 2. The van der Waals surface area contributed by atoms with Gasteiger partial charge in [0, 0.05) is 25.5 Å². The van der Waals surface area contributed by atoms with Crippen LogP contribution in [-0.2, 0) is 20.9 Å². The van der Waals surface area contributed by atoms with Gasteiger partial charge in [-0.3, -0.25) is 19.1 Å². The van der Waals surface area contributed by atoms with Crippen molar-refractivity contribution in [1.29, 1.82) is 0 Å². The van der Waals surface area contributed by atoms with Crippen molar-refractivity contribution in [2.75, 3.05) is 18.9 Å². The van der Waals surface area contributed by atoms with Crippen LogP contribution in [0.1, 0.15) is 35.9 Å². The summed E-state index contributed by atoms with van der Waals surface area (Å²) in [4.78, 5) is 30.8. The molecule has 2 heterocycles. The van der Waals surface area contributed by atoms with E-state index in [1.165, 1.54) is 11.8 Å². The molecule has 0 saturated carbocycles. The number of hydrogen-bond acceptors (Lipinski definition) is 7. The van der Waals surface area contributed by atoms with E-state index in [-0.39, 0.29) is 30.6 Å². The number of rotatable bonds is 10. The molecule has 1 aromatic carbocycles. The predicted octanol–water partition coefficient (Wildman–Crippen LogP) is 3.66. The number of hydrogen-bond donors (Lipinski definition) is 0. The fourth-order valence-corrected chi connectivity index (χ4v) is 4.25. The number of nitrogens with zero attached hydrogens (tertiary/aromatic N) is 5. The van der Waals surface area contributed by atoms with Gasteiger partial charge in [-0.15, -0.1) is 10.2 Å². The maximum Gasteiger partial charge on any atom is 0.307 e. The zero-order chi connectivity index (χ0) is 23.8. The smallest absolute Gasteiger partial charge is 0.307 e. The first kappa shape index (κ1) is 24.4. The third-order valence-electron chi connectivity index (χ3n) is 5.07. The molecule has 0 aliphatic heterocycles. The van der Waals surface area contributed by atoms with Crippen LogP contribution in [0.2, 0.25) is 0 Å². The normalized spacial score (nSPS) is 10.8. The second-order valence-corrected chi connectivity index (χ2v) is 8.62. The Morgan fingerprint density at radius 2 is 1.97 bits per heavy atom. The average Bonchev–Trinajstić information content (AvgIpc) is 3.17. The first-order valence-electron chi connectivity index (χ1n) is 10.8. The van der Waals surface area contributed by atoms with Gasteiger partial charge in [0.05, 0.1) is 24.5 Å². The number of aryl methyl sites for hydroxylation is 3. The Balaban J connectivity index is 1.74. The Labute approximate surface area is 198 Å². The molecular weight excluding hydrogens is 438 g/mol. The lowest BCUT2D eigenvalue weighted by molar-refractivity contribution is -0.144. The van der Waals surface area contributed by atoms with Crippen molar-refractivity contribution >= 4 is 23.6 Å². The highest BCUT2D eigenvalue weighted by atomic mass is 32.2. The van der Waals surface area contributed by atoms with Crippen LogP contribution in [0.25, 0.3) is 5.69 Å². The first-order chi connectivity index (χ1) is 15.9. The summed E-state index contributed by atoms with van der Waals surface area (Å²) in [6, 6.07) is 9.95. The molecular formula is C24H29N5O3S. The third-order valence-corrected chi connectivity index (χ3v) is 5.98. The van der Waals surface area contributed by atoms with Crippen molar-refractivity contribution in [2.45, 2.75) is 45.8 Å². The molecule has 0 unspecified atom stereocenters. The van der Waals surface area contributed by atoms with Gasteiger partial charge in [-0.1, -0.05) is 30.0 Å². The summed E-state index contributed by atoms with van der Waals surface area (Å²) in [5, 5.41) is 9.18. The Hall–Kier alpha value is -3.20. The molecule has 0 aliphatic rings. The number of thioether (sulfide) groups is 1. The van der Waals surface area contributed by atoms with Crippen LogP contribution in [0.3, 0.4) is 0 Å². The van der Waals surface area contributed by atoms with E-state index in [2.05, 4.69) is 33.4 Å². The Morgan fingerprint density at radius 3 is 2.70 bits per heavy atom. The van der Waals surface area contributed by atoms with Gasteiger partial charge in [0.25, 0.3) is 0 Å². The number of ether oxygens (including phenoxy) is 1. The van der Waals surface area contributed by atoms with Gasteiger partial charge in [-0.2, -0.15) is 0 Å². The number of aromatic nitrogens is 4. The van der Waals surface area contributed by atoms with E-state index in [0.717, 1.165) is 28.2 Å². The topological polar surface area (TPSA) is 90.2 Å². The first-order valence-corrected chi connectivity index (χ1v) is 11.8. The van der Waals surface area contributed by atoms with Crippen LogP contribution >= 0.6 is 11.8 Å². The third kappa shape index (κ3) is 6.64. The maximum atomic E-state index is 13.1. The fourth-order valence-electron chi connectivity index (χ4n) is 3.36. The quantitative estimate of drug-likeness (QED) is 0.332. The second-order valence-electron chi connectivity index (χ2n) is 7.68. The van der Waals surface area contributed by atoms with Crippen LogP contribution in [0.4, 0.5) is 0 Å². The zero-order valence-corrected chi connectivity index (χ0v) is 20.3. The monoisotopic (exact) mass is 467 g/mol. The van der Waals surface area contributed by atoms with E-state index in [0.29, 0.717) is 18.3 Å². The minimum absolute atomic E-state index is 0.0960. The van der Waals surface area contributed by atoms with E-state index in [9.17, 15) is 9.59 Å². The van der Waals surface area contributed by atoms with Crippen molar-refractivity contribution in [1.82, 2.24) is 24.6 Å². The van der Waals surface area contributed by atoms with Gasteiger partial charge in [0.1, 0.15) is 5.82 Å². The highest BCUT2D eigenvalue weighted by Crippen LogP contribution is 2.25. The van der Waals surface area contributed by atoms with E-state index in [1.54, 1.807) is 24.2 Å². The summed E-state index contributed by atoms with van der Waals surface area (Å²) in [6.45, 7) is 8.71. The van der Waals surface area contributed by atoms with Gasteiger partial charge in [-0.25, -0.2) is 0 Å². The molecule has 0 radical (unpaired) electrons. The van der Waals surface area contributed by atoms with Crippen molar-refractivity contribution in [3.8, 4) is 5.69 Å². The van der Waals surface area contributed by atoms with Gasteiger partial charge in [0.15, 0.2) is 5.16 Å². The molecule has 0 atom stereocenters. The number of esters is 1. The molecule has 8 nitrogen and oxygen atoms in total. The molecule has 0 aliphatic carbocycles. The van der Waals surface area contributed by atoms with Crippen molar-refractivity contribution in [3.05, 3.63) is 65.2 Å². The van der Waals surface area contributed by atoms with Crippen LogP contribution < -0.4 is 0 Å².